The molecule has 0 fully saturated rings. The summed E-state index contributed by atoms with van der Waals surface area (Å²) in [7, 11) is 6.08. The molecule has 0 unspecified atom stereocenters. The van der Waals surface area contributed by atoms with Crippen molar-refractivity contribution in [3.8, 4) is 23.0 Å². The van der Waals surface area contributed by atoms with E-state index in [9.17, 15) is 9.90 Å². The Labute approximate surface area is 190 Å². The molecule has 0 amide bonds. The SMILES string of the molecule is COc1c(C)c(C=C(CCCCCCc2cccnc2)C(=O)O)c(OC)c(OC)c1OC. The molecule has 1 heterocycles. The summed E-state index contributed by atoms with van der Waals surface area (Å²) in [6.07, 6.45) is 10.6. The molecule has 1 aromatic carbocycles. The van der Waals surface area contributed by atoms with Crippen LogP contribution in [0.25, 0.3) is 6.08 Å². The van der Waals surface area contributed by atoms with E-state index in [1.54, 1.807) is 12.3 Å². The second kappa shape index (κ2) is 12.6. The van der Waals surface area contributed by atoms with Gasteiger partial charge in [-0.1, -0.05) is 18.9 Å². The first-order valence-electron chi connectivity index (χ1n) is 10.7. The Bertz CT molecular complexity index is 924. The third kappa shape index (κ3) is 6.15. The maximum Gasteiger partial charge on any atom is 0.331 e. The van der Waals surface area contributed by atoms with E-state index in [1.807, 2.05) is 19.2 Å². The van der Waals surface area contributed by atoms with Crippen molar-refractivity contribution in [2.45, 2.75) is 45.4 Å². The molecule has 0 aliphatic rings. The smallest absolute Gasteiger partial charge is 0.331 e. The number of ether oxygens (including phenoxy) is 4. The van der Waals surface area contributed by atoms with Crippen LogP contribution in [-0.4, -0.2) is 44.5 Å². The van der Waals surface area contributed by atoms with Crippen molar-refractivity contribution < 1.29 is 28.8 Å². The Balaban J connectivity index is 2.16. The Hall–Kier alpha value is -3.22. The molecule has 0 aliphatic carbocycles. The van der Waals surface area contributed by atoms with E-state index >= 15 is 0 Å². The second-order valence-electron chi connectivity index (χ2n) is 7.42. The van der Waals surface area contributed by atoms with E-state index in [1.165, 1.54) is 34.0 Å². The molecule has 1 N–H and O–H groups in total. The summed E-state index contributed by atoms with van der Waals surface area (Å²) >= 11 is 0. The number of carboxylic acids is 1. The van der Waals surface area contributed by atoms with Gasteiger partial charge in [0, 0.05) is 29.1 Å². The lowest BCUT2D eigenvalue weighted by Crippen LogP contribution is -2.05. The van der Waals surface area contributed by atoms with E-state index in [0.29, 0.717) is 40.6 Å². The summed E-state index contributed by atoms with van der Waals surface area (Å²) in [5.41, 5.74) is 2.87. The third-order valence-corrected chi connectivity index (χ3v) is 5.40. The summed E-state index contributed by atoms with van der Waals surface area (Å²) in [5, 5.41) is 9.79. The first-order chi connectivity index (χ1) is 15.5. The number of pyridine rings is 1. The van der Waals surface area contributed by atoms with Gasteiger partial charge in [-0.3, -0.25) is 4.98 Å². The van der Waals surface area contributed by atoms with Crippen molar-refractivity contribution in [3.05, 3.63) is 46.8 Å². The van der Waals surface area contributed by atoms with Crippen molar-refractivity contribution in [2.24, 2.45) is 0 Å². The maximum atomic E-state index is 11.9. The summed E-state index contributed by atoms with van der Waals surface area (Å²) < 4.78 is 22.0. The van der Waals surface area contributed by atoms with Gasteiger partial charge in [0.1, 0.15) is 0 Å². The molecular formula is C25H33NO6. The molecule has 0 saturated carbocycles. The Morgan fingerprint density at radius 3 is 2.12 bits per heavy atom. The number of aliphatic carboxylic acids is 1. The van der Waals surface area contributed by atoms with Crippen molar-refractivity contribution in [2.75, 3.05) is 28.4 Å². The van der Waals surface area contributed by atoms with Crippen LogP contribution in [0.3, 0.4) is 0 Å². The minimum absolute atomic E-state index is 0.313. The van der Waals surface area contributed by atoms with Gasteiger partial charge >= 0.3 is 5.97 Å². The monoisotopic (exact) mass is 443 g/mol. The van der Waals surface area contributed by atoms with Gasteiger partial charge in [0.25, 0.3) is 0 Å². The molecule has 1 aromatic heterocycles. The van der Waals surface area contributed by atoms with E-state index < -0.39 is 5.97 Å². The van der Waals surface area contributed by atoms with Crippen LogP contribution in [0.15, 0.2) is 30.1 Å². The highest BCUT2D eigenvalue weighted by molar-refractivity contribution is 5.93. The molecule has 32 heavy (non-hydrogen) atoms. The zero-order chi connectivity index (χ0) is 23.5. The molecule has 7 heteroatoms. The number of unbranched alkanes of at least 4 members (excludes halogenated alkanes) is 3. The first kappa shape index (κ1) is 25.0. The van der Waals surface area contributed by atoms with E-state index in [-0.39, 0.29) is 0 Å². The minimum Gasteiger partial charge on any atom is -0.492 e. The van der Waals surface area contributed by atoms with Gasteiger partial charge in [-0.25, -0.2) is 4.79 Å². The second-order valence-corrected chi connectivity index (χ2v) is 7.42. The summed E-state index contributed by atoms with van der Waals surface area (Å²) in [4.78, 5) is 16.1. The molecular weight excluding hydrogens is 410 g/mol. The maximum absolute atomic E-state index is 11.9. The number of rotatable bonds is 13. The quantitative estimate of drug-likeness (QED) is 0.341. The summed E-state index contributed by atoms with van der Waals surface area (Å²) in [6.45, 7) is 1.84. The lowest BCUT2D eigenvalue weighted by Gasteiger charge is -2.20. The van der Waals surface area contributed by atoms with Crippen LogP contribution in [0, 0.1) is 6.92 Å². The number of carboxylic acid groups (broad SMARTS) is 1. The first-order valence-corrected chi connectivity index (χ1v) is 10.7. The predicted molar refractivity (Wildman–Crippen MR) is 124 cm³/mol. The molecule has 0 atom stereocenters. The van der Waals surface area contributed by atoms with Gasteiger partial charge in [0.15, 0.2) is 11.5 Å². The van der Waals surface area contributed by atoms with Gasteiger partial charge in [-0.15, -0.1) is 0 Å². The van der Waals surface area contributed by atoms with Gasteiger partial charge < -0.3 is 24.1 Å². The molecule has 0 saturated heterocycles. The van der Waals surface area contributed by atoms with Crippen molar-refractivity contribution in [3.63, 3.8) is 0 Å². The number of hydrogen-bond donors (Lipinski definition) is 1. The number of nitrogens with zero attached hydrogens (tertiary/aromatic N) is 1. The number of hydrogen-bond acceptors (Lipinski definition) is 6. The fourth-order valence-corrected chi connectivity index (χ4v) is 3.74. The lowest BCUT2D eigenvalue weighted by molar-refractivity contribution is -0.132. The highest BCUT2D eigenvalue weighted by Crippen LogP contribution is 2.50. The van der Waals surface area contributed by atoms with Crippen LogP contribution in [0.5, 0.6) is 23.0 Å². The molecule has 0 aliphatic heterocycles. The molecule has 174 valence electrons. The number of benzene rings is 1. The zero-order valence-electron chi connectivity index (χ0n) is 19.6. The average molecular weight is 444 g/mol. The highest BCUT2D eigenvalue weighted by Gasteiger charge is 2.25. The molecule has 0 radical (unpaired) electrons. The number of aryl methyl sites for hydroxylation is 1. The van der Waals surface area contributed by atoms with Crippen LogP contribution in [0.2, 0.25) is 0 Å². The standard InChI is InChI=1S/C25H33NO6/c1-17-20(22(30-3)24(32-5)23(31-4)21(17)29-2)15-19(25(27)28)13-9-7-6-8-11-18-12-10-14-26-16-18/h10,12,14-16H,6-9,11,13H2,1-5H3,(H,27,28). The lowest BCUT2D eigenvalue weighted by atomic mass is 9.98. The zero-order valence-corrected chi connectivity index (χ0v) is 19.6. The fraction of sp³-hybridized carbons (Fsp3) is 0.440. The largest absolute Gasteiger partial charge is 0.492 e. The van der Waals surface area contributed by atoms with Gasteiger partial charge in [-0.05, 0) is 50.3 Å². The predicted octanol–water partition coefficient (Wildman–Crippen LogP) is 5.09. The van der Waals surface area contributed by atoms with Crippen LogP contribution in [0.1, 0.15) is 48.8 Å². The van der Waals surface area contributed by atoms with Crippen LogP contribution >= 0.6 is 0 Å². The summed E-state index contributed by atoms with van der Waals surface area (Å²) in [5.74, 6) is 0.723. The molecule has 2 rings (SSSR count). The normalized spacial score (nSPS) is 11.2. The van der Waals surface area contributed by atoms with E-state index in [0.717, 1.165) is 37.7 Å². The van der Waals surface area contributed by atoms with Crippen LogP contribution < -0.4 is 18.9 Å². The fourth-order valence-electron chi connectivity index (χ4n) is 3.74. The molecule has 2 aromatic rings. The van der Waals surface area contributed by atoms with Crippen molar-refractivity contribution >= 4 is 12.0 Å². The summed E-state index contributed by atoms with van der Waals surface area (Å²) in [6, 6.07) is 4.02. The van der Waals surface area contributed by atoms with Crippen LogP contribution in [0.4, 0.5) is 0 Å². The average Bonchev–Trinajstić information content (AvgIpc) is 2.80. The Morgan fingerprint density at radius 2 is 1.56 bits per heavy atom. The minimum atomic E-state index is -0.949. The van der Waals surface area contributed by atoms with Gasteiger partial charge in [0.05, 0.1) is 28.4 Å². The van der Waals surface area contributed by atoms with Crippen molar-refractivity contribution in [1.29, 1.82) is 0 Å². The van der Waals surface area contributed by atoms with E-state index in [4.69, 9.17) is 18.9 Å². The topological polar surface area (TPSA) is 87.1 Å². The van der Waals surface area contributed by atoms with E-state index in [2.05, 4.69) is 11.1 Å². The third-order valence-electron chi connectivity index (χ3n) is 5.40. The Kier molecular flexibility index (Phi) is 9.85. The number of carbonyl (C=O) groups is 1. The molecule has 0 spiro atoms. The van der Waals surface area contributed by atoms with Crippen molar-refractivity contribution in [1.82, 2.24) is 4.98 Å². The Morgan fingerprint density at radius 1 is 0.938 bits per heavy atom. The van der Waals surface area contributed by atoms with Gasteiger partial charge in [0.2, 0.25) is 11.5 Å². The van der Waals surface area contributed by atoms with Crippen LogP contribution in [-0.2, 0) is 11.2 Å². The molecule has 7 nitrogen and oxygen atoms in total. The number of aromatic nitrogens is 1. The number of methoxy groups -OCH3 is 4. The van der Waals surface area contributed by atoms with Gasteiger partial charge in [-0.2, -0.15) is 0 Å². The molecule has 0 bridgehead atoms. The highest BCUT2D eigenvalue weighted by atomic mass is 16.5.